The summed E-state index contributed by atoms with van der Waals surface area (Å²) in [4.78, 5) is 33.6. The maximum absolute atomic E-state index is 13.3. The molecule has 2 aromatic rings. The van der Waals surface area contributed by atoms with E-state index in [1.165, 1.54) is 41.7 Å². The first-order valence-electron chi connectivity index (χ1n) is 12.7. The predicted molar refractivity (Wildman–Crippen MR) is 137 cm³/mol. The Bertz CT molecular complexity index is 994. The zero-order valence-corrected chi connectivity index (χ0v) is 21.3. The largest absolute Gasteiger partial charge is 0.339 e. The van der Waals surface area contributed by atoms with Crippen molar-refractivity contribution >= 4 is 34.8 Å². The van der Waals surface area contributed by atoms with Crippen molar-refractivity contribution in [2.45, 2.75) is 51.0 Å². The number of thiophene rings is 1. The van der Waals surface area contributed by atoms with E-state index in [2.05, 4.69) is 28.5 Å². The highest BCUT2D eigenvalue weighted by Crippen LogP contribution is 2.38. The second-order valence-electron chi connectivity index (χ2n) is 9.92. The lowest BCUT2D eigenvalue weighted by Crippen LogP contribution is -2.53. The Morgan fingerprint density at radius 2 is 1.59 bits per heavy atom. The SMILES string of the molecule is O=C(CCC1CCCC1)N1CCN(C(=O)CN2CCc3sccc3[C@@H]2c2ccc(Cl)cc2)CC1. The number of nitrogens with zero attached hydrogens (tertiary/aromatic N) is 3. The van der Waals surface area contributed by atoms with Gasteiger partial charge in [-0.3, -0.25) is 14.5 Å². The summed E-state index contributed by atoms with van der Waals surface area (Å²) < 4.78 is 0. The van der Waals surface area contributed by atoms with E-state index in [-0.39, 0.29) is 17.9 Å². The van der Waals surface area contributed by atoms with E-state index in [4.69, 9.17) is 11.6 Å². The van der Waals surface area contributed by atoms with E-state index in [0.717, 1.165) is 30.3 Å². The molecule has 0 unspecified atom stereocenters. The van der Waals surface area contributed by atoms with Gasteiger partial charge in [-0.05, 0) is 53.5 Å². The van der Waals surface area contributed by atoms with Gasteiger partial charge in [-0.15, -0.1) is 11.3 Å². The van der Waals surface area contributed by atoms with Gasteiger partial charge >= 0.3 is 0 Å². The van der Waals surface area contributed by atoms with Gasteiger partial charge in [0.1, 0.15) is 0 Å². The zero-order chi connectivity index (χ0) is 23.5. The molecule has 182 valence electrons. The van der Waals surface area contributed by atoms with Gasteiger partial charge in [-0.25, -0.2) is 0 Å². The van der Waals surface area contributed by atoms with Crippen molar-refractivity contribution in [3.63, 3.8) is 0 Å². The molecule has 3 aliphatic rings. The van der Waals surface area contributed by atoms with E-state index in [9.17, 15) is 9.59 Å². The number of piperazine rings is 1. The Balaban J connectivity index is 1.18. The van der Waals surface area contributed by atoms with E-state index < -0.39 is 0 Å². The van der Waals surface area contributed by atoms with E-state index in [1.54, 1.807) is 11.3 Å². The summed E-state index contributed by atoms with van der Waals surface area (Å²) in [6, 6.07) is 10.3. The molecule has 5 nitrogen and oxygen atoms in total. The van der Waals surface area contributed by atoms with Crippen molar-refractivity contribution in [3.05, 3.63) is 56.7 Å². The molecule has 3 heterocycles. The van der Waals surface area contributed by atoms with Gasteiger partial charge < -0.3 is 9.80 Å². The van der Waals surface area contributed by atoms with Crippen molar-refractivity contribution < 1.29 is 9.59 Å². The molecule has 2 fully saturated rings. The summed E-state index contributed by atoms with van der Waals surface area (Å²) in [6.45, 7) is 3.85. The first-order valence-corrected chi connectivity index (χ1v) is 14.0. The highest BCUT2D eigenvalue weighted by molar-refractivity contribution is 7.10. The number of carbonyl (C=O) groups is 2. The van der Waals surface area contributed by atoms with E-state index >= 15 is 0 Å². The topological polar surface area (TPSA) is 43.9 Å². The number of rotatable bonds is 6. The Morgan fingerprint density at radius 3 is 2.29 bits per heavy atom. The fourth-order valence-corrected chi connectivity index (χ4v) is 6.87. The third kappa shape index (κ3) is 5.34. The van der Waals surface area contributed by atoms with E-state index in [1.807, 2.05) is 21.9 Å². The number of amides is 2. The maximum Gasteiger partial charge on any atom is 0.236 e. The van der Waals surface area contributed by atoms with Crippen LogP contribution in [0.25, 0.3) is 0 Å². The van der Waals surface area contributed by atoms with Crippen LogP contribution < -0.4 is 0 Å². The van der Waals surface area contributed by atoms with Crippen LogP contribution in [0.15, 0.2) is 35.7 Å². The van der Waals surface area contributed by atoms with Crippen LogP contribution in [0.4, 0.5) is 0 Å². The molecular weight excluding hydrogens is 466 g/mol. The quantitative estimate of drug-likeness (QED) is 0.562. The fraction of sp³-hybridized carbons (Fsp3) is 0.556. The normalized spacial score (nSPS) is 21.6. The number of carbonyl (C=O) groups excluding carboxylic acids is 2. The number of hydrogen-bond acceptors (Lipinski definition) is 4. The summed E-state index contributed by atoms with van der Waals surface area (Å²) in [5, 5.41) is 2.88. The van der Waals surface area contributed by atoms with Gasteiger partial charge in [-0.2, -0.15) is 0 Å². The average molecular weight is 500 g/mol. The molecule has 0 spiro atoms. The van der Waals surface area contributed by atoms with Crippen molar-refractivity contribution in [1.82, 2.24) is 14.7 Å². The van der Waals surface area contributed by atoms with Crippen molar-refractivity contribution in [1.29, 1.82) is 0 Å². The van der Waals surface area contributed by atoms with E-state index in [0.29, 0.717) is 39.1 Å². The lowest BCUT2D eigenvalue weighted by Gasteiger charge is -2.39. The molecule has 0 N–H and O–H groups in total. The minimum atomic E-state index is 0.0784. The summed E-state index contributed by atoms with van der Waals surface area (Å²) in [5.41, 5.74) is 2.48. The van der Waals surface area contributed by atoms with Gasteiger partial charge in [0.05, 0.1) is 12.6 Å². The lowest BCUT2D eigenvalue weighted by molar-refractivity contribution is -0.140. The summed E-state index contributed by atoms with van der Waals surface area (Å²) in [6.07, 6.45) is 7.90. The maximum atomic E-state index is 13.3. The molecule has 1 saturated heterocycles. The number of fused-ring (bicyclic) bond motifs is 1. The molecule has 0 radical (unpaired) electrons. The predicted octanol–water partition coefficient (Wildman–Crippen LogP) is 4.99. The zero-order valence-electron chi connectivity index (χ0n) is 19.8. The van der Waals surface area contributed by atoms with Gasteiger partial charge in [0.15, 0.2) is 0 Å². The molecule has 34 heavy (non-hydrogen) atoms. The summed E-state index contributed by atoms with van der Waals surface area (Å²) in [5.74, 6) is 1.17. The molecule has 1 saturated carbocycles. The fourth-order valence-electron chi connectivity index (χ4n) is 5.84. The highest BCUT2D eigenvalue weighted by Gasteiger charge is 2.33. The molecule has 2 amide bonds. The molecule has 1 aliphatic carbocycles. The van der Waals surface area contributed by atoms with Crippen molar-refractivity contribution in [3.8, 4) is 0 Å². The second-order valence-corrected chi connectivity index (χ2v) is 11.4. The van der Waals surface area contributed by atoms with Crippen LogP contribution in [0.3, 0.4) is 0 Å². The number of benzene rings is 1. The van der Waals surface area contributed by atoms with Gasteiger partial charge in [-0.1, -0.05) is 49.4 Å². The molecule has 5 rings (SSSR count). The van der Waals surface area contributed by atoms with Crippen LogP contribution in [0.1, 0.15) is 60.6 Å². The summed E-state index contributed by atoms with van der Waals surface area (Å²) >= 11 is 7.94. The lowest BCUT2D eigenvalue weighted by atomic mass is 9.93. The Labute approximate surface area is 211 Å². The molecule has 1 aromatic carbocycles. The van der Waals surface area contributed by atoms with Crippen LogP contribution >= 0.6 is 22.9 Å². The van der Waals surface area contributed by atoms with Gasteiger partial charge in [0.25, 0.3) is 0 Å². The molecule has 7 heteroatoms. The molecule has 2 aliphatic heterocycles. The molecule has 1 atom stereocenters. The highest BCUT2D eigenvalue weighted by atomic mass is 35.5. The van der Waals surface area contributed by atoms with Crippen LogP contribution in [-0.4, -0.2) is 65.8 Å². The Hall–Kier alpha value is -1.89. The van der Waals surface area contributed by atoms with Crippen LogP contribution in [0.5, 0.6) is 0 Å². The van der Waals surface area contributed by atoms with Gasteiger partial charge in [0.2, 0.25) is 11.8 Å². The monoisotopic (exact) mass is 499 g/mol. The minimum absolute atomic E-state index is 0.0784. The first-order chi connectivity index (χ1) is 16.6. The number of hydrogen-bond donors (Lipinski definition) is 0. The molecule has 1 aromatic heterocycles. The third-order valence-corrected chi connectivity index (χ3v) is 9.06. The standard InChI is InChI=1S/C27H34ClN3O2S/c28-22-8-6-21(7-9-22)27-23-12-18-34-24(23)11-13-31(27)19-26(33)30-16-14-29(15-17-30)25(32)10-5-20-3-1-2-4-20/h6-9,12,18,20,27H,1-5,10-11,13-17,19H2/t27-/m0/s1. The van der Waals surface area contributed by atoms with Crippen molar-refractivity contribution in [2.24, 2.45) is 5.92 Å². The Kier molecular flexibility index (Phi) is 7.57. The first kappa shape index (κ1) is 23.8. The average Bonchev–Trinajstić information content (AvgIpc) is 3.55. The summed E-state index contributed by atoms with van der Waals surface area (Å²) in [7, 11) is 0. The van der Waals surface area contributed by atoms with Crippen molar-refractivity contribution in [2.75, 3.05) is 39.3 Å². The third-order valence-electron chi connectivity index (χ3n) is 7.82. The van der Waals surface area contributed by atoms with Crippen LogP contribution in [-0.2, 0) is 16.0 Å². The van der Waals surface area contributed by atoms with Crippen LogP contribution in [0, 0.1) is 5.92 Å². The second kappa shape index (κ2) is 10.8. The number of halogens is 1. The minimum Gasteiger partial charge on any atom is -0.339 e. The molecular formula is C27H34ClN3O2S. The smallest absolute Gasteiger partial charge is 0.236 e. The molecule has 0 bridgehead atoms. The Morgan fingerprint density at radius 1 is 0.912 bits per heavy atom. The van der Waals surface area contributed by atoms with Gasteiger partial charge in [0, 0.05) is 49.0 Å². The van der Waals surface area contributed by atoms with Crippen LogP contribution in [0.2, 0.25) is 5.02 Å².